The van der Waals surface area contributed by atoms with E-state index in [1.165, 1.54) is 106 Å². The molecule has 10 aromatic rings. The summed E-state index contributed by atoms with van der Waals surface area (Å²) >= 11 is 6.31. The number of fused-ring (bicyclic) bond motifs is 7. The van der Waals surface area contributed by atoms with Gasteiger partial charge in [0.25, 0.3) is 0 Å². The van der Waals surface area contributed by atoms with Crippen LogP contribution in [0.25, 0.3) is 97.3 Å². The van der Waals surface area contributed by atoms with Crippen LogP contribution in [0.1, 0.15) is 79.1 Å². The molecule has 1 aliphatic rings. The van der Waals surface area contributed by atoms with Crippen molar-refractivity contribution in [2.75, 3.05) is 11.5 Å². The average molecular weight is 949 g/mol. The summed E-state index contributed by atoms with van der Waals surface area (Å²) in [5.41, 5.74) is 24.1. The molecule has 8 nitrogen and oxygen atoms in total. The number of nitrogen functional groups attached to an aromatic ring is 2. The fourth-order valence-electron chi connectivity index (χ4n) is 10.7. The first kappa shape index (κ1) is 42.5. The van der Waals surface area contributed by atoms with Crippen LogP contribution >= 0.6 is 46.1 Å². The summed E-state index contributed by atoms with van der Waals surface area (Å²) < 4.78 is 32.5. The zero-order valence-corrected chi connectivity index (χ0v) is 41.5. The van der Waals surface area contributed by atoms with Crippen molar-refractivity contribution in [1.82, 2.24) is 17.5 Å². The number of hydrogen-bond donors (Lipinski definition) is 2. The van der Waals surface area contributed by atoms with Gasteiger partial charge in [0, 0.05) is 52.8 Å². The molecule has 13 heteroatoms. The summed E-state index contributed by atoms with van der Waals surface area (Å²) in [6, 6.07) is 32.2. The number of anilines is 2. The molecule has 65 heavy (non-hydrogen) atoms. The smallest absolute Gasteiger partial charge is 0.139 e. The molecule has 6 aromatic heterocycles. The number of nitrogens with two attached hydrogens (primary N) is 2. The minimum atomic E-state index is -2.40. The molecule has 2 unspecified atom stereocenters. The van der Waals surface area contributed by atoms with Crippen LogP contribution in [0.3, 0.4) is 0 Å². The summed E-state index contributed by atoms with van der Waals surface area (Å²) in [4.78, 5) is 5.26. The van der Waals surface area contributed by atoms with Gasteiger partial charge in [0.2, 0.25) is 0 Å². The third-order valence-corrected chi connectivity index (χ3v) is 23.4. The normalized spacial score (nSPS) is 14.3. The third kappa shape index (κ3) is 7.16. The van der Waals surface area contributed by atoms with E-state index >= 15 is 0 Å². The number of para-hydroxylation sites is 2. The minimum Gasteiger partial charge on any atom is -0.456 e. The Kier molecular flexibility index (Phi) is 11.3. The van der Waals surface area contributed by atoms with Crippen molar-refractivity contribution in [3.8, 4) is 53.3 Å². The molecule has 11 rings (SSSR count). The van der Waals surface area contributed by atoms with E-state index in [1.54, 1.807) is 10.4 Å². The summed E-state index contributed by atoms with van der Waals surface area (Å²) in [6.45, 7) is 9.50. The molecule has 7 heterocycles. The molecule has 0 radical (unpaired) electrons. The van der Waals surface area contributed by atoms with Crippen LogP contribution in [0.5, 0.6) is 0 Å². The van der Waals surface area contributed by atoms with E-state index in [0.717, 1.165) is 77.8 Å². The van der Waals surface area contributed by atoms with Crippen molar-refractivity contribution in [3.63, 3.8) is 0 Å². The predicted molar refractivity (Wildman–Crippen MR) is 281 cm³/mol. The number of hydrogen-bond acceptors (Lipinski definition) is 12. The maximum absolute atomic E-state index is 7.07. The number of furan rings is 2. The van der Waals surface area contributed by atoms with Gasteiger partial charge in [-0.15, -0.1) is 22.7 Å². The van der Waals surface area contributed by atoms with Crippen molar-refractivity contribution in [1.29, 1.82) is 0 Å². The number of nitrogens with zero attached hydrogens (tertiary/aromatic N) is 4. The van der Waals surface area contributed by atoms with E-state index in [2.05, 4.69) is 76.2 Å². The number of aromatic nitrogens is 4. The molecular weight excluding hydrogens is 897 g/mol. The van der Waals surface area contributed by atoms with Crippen molar-refractivity contribution in [2.24, 2.45) is 11.8 Å². The molecule has 2 atom stereocenters. The average Bonchev–Trinajstić information content (AvgIpc) is 4.18. The van der Waals surface area contributed by atoms with Gasteiger partial charge >= 0.3 is 0 Å². The van der Waals surface area contributed by atoms with Crippen LogP contribution in [-0.2, 0) is 0 Å². The Morgan fingerprint density at radius 2 is 0.985 bits per heavy atom. The van der Waals surface area contributed by atoms with E-state index < -0.39 is 8.07 Å². The quantitative estimate of drug-likeness (QED) is 0.0723. The van der Waals surface area contributed by atoms with E-state index in [-0.39, 0.29) is 0 Å². The first-order valence-electron chi connectivity index (χ1n) is 23.2. The highest BCUT2D eigenvalue weighted by atomic mass is 32.1. The van der Waals surface area contributed by atoms with Crippen LogP contribution in [0.4, 0.5) is 11.4 Å². The highest BCUT2D eigenvalue weighted by molar-refractivity contribution is 7.31. The van der Waals surface area contributed by atoms with Gasteiger partial charge in [-0.25, -0.2) is 0 Å². The fraction of sp³-hybridized carbons (Fsp3) is 0.308. The summed E-state index contributed by atoms with van der Waals surface area (Å²) in [6.07, 6.45) is 9.86. The fourth-order valence-corrected chi connectivity index (χ4v) is 22.2. The maximum Gasteiger partial charge on any atom is 0.139 e. The molecule has 0 fully saturated rings. The number of benzene rings is 4. The van der Waals surface area contributed by atoms with Gasteiger partial charge in [-0.1, -0.05) is 115 Å². The van der Waals surface area contributed by atoms with Gasteiger partial charge in [0.15, 0.2) is 0 Å². The maximum atomic E-state index is 7.07. The lowest BCUT2D eigenvalue weighted by Gasteiger charge is -2.35. The van der Waals surface area contributed by atoms with Crippen LogP contribution < -0.4 is 21.8 Å². The second kappa shape index (κ2) is 17.2. The van der Waals surface area contributed by atoms with Crippen LogP contribution in [0.15, 0.2) is 93.8 Å². The lowest BCUT2D eigenvalue weighted by Crippen LogP contribution is -2.56. The van der Waals surface area contributed by atoms with Gasteiger partial charge in [0.1, 0.15) is 52.8 Å². The zero-order chi connectivity index (χ0) is 44.4. The second-order valence-corrected chi connectivity index (χ2v) is 25.2. The Morgan fingerprint density at radius 3 is 1.40 bits per heavy atom. The number of unbranched alkanes of at least 4 members (excludes halogenated alkanes) is 2. The van der Waals surface area contributed by atoms with Crippen molar-refractivity contribution < 1.29 is 8.83 Å². The number of thiophene rings is 2. The van der Waals surface area contributed by atoms with Crippen LogP contribution in [0, 0.1) is 11.8 Å². The monoisotopic (exact) mass is 948 g/mol. The highest BCUT2D eigenvalue weighted by Gasteiger charge is 2.50. The van der Waals surface area contributed by atoms with Gasteiger partial charge in [-0.05, 0) is 82.8 Å². The molecule has 0 bridgehead atoms. The molecule has 0 aliphatic carbocycles. The standard InChI is InChI=1S/C52H52N6O2S4Si/c1-5-9-15-29(7-3)27-65(28-30(8-4)16-10-6-2)43-25-41(33-23-35(53)45(49-47(33)55-63-57-49)39-21-31-17-11-13-19-37(31)59-39)61-51(43)52-44(65)26-42(62-52)34-24-36(54)46(50-48(34)56-64-58-50)40-22-32-18-12-14-20-38(32)60-40/h11-14,17-26,29-30H,5-10,15-16,27-28,53-54H2,1-4H3. The Balaban J connectivity index is 1.10. The highest BCUT2D eigenvalue weighted by Crippen LogP contribution is 2.52. The molecule has 1 aliphatic heterocycles. The first-order valence-corrected chi connectivity index (χ1v) is 28.7. The van der Waals surface area contributed by atoms with Crippen molar-refractivity contribution in [2.45, 2.75) is 91.1 Å². The van der Waals surface area contributed by atoms with E-state index in [0.29, 0.717) is 23.2 Å². The van der Waals surface area contributed by atoms with Gasteiger partial charge < -0.3 is 20.3 Å². The molecule has 330 valence electrons. The Hall–Kier alpha value is -5.18. The molecular formula is C52H52N6O2S4Si. The first-order chi connectivity index (χ1) is 31.8. The van der Waals surface area contributed by atoms with Crippen molar-refractivity contribution in [3.05, 3.63) is 84.9 Å². The minimum absolute atomic E-state index is 0.649. The summed E-state index contributed by atoms with van der Waals surface area (Å²) in [5.74, 6) is 2.74. The molecule has 4 N–H and O–H groups in total. The van der Waals surface area contributed by atoms with Crippen molar-refractivity contribution >= 4 is 120 Å². The number of rotatable bonds is 16. The lowest BCUT2D eigenvalue weighted by atomic mass is 10.0. The van der Waals surface area contributed by atoms with E-state index in [1.807, 2.05) is 59.1 Å². The summed E-state index contributed by atoms with van der Waals surface area (Å²) in [5, 5.41) is 5.28. The zero-order valence-electron chi connectivity index (χ0n) is 37.2. The molecule has 0 amide bonds. The lowest BCUT2D eigenvalue weighted by molar-refractivity contribution is 0.469. The molecule has 0 saturated carbocycles. The Bertz CT molecular complexity index is 3080. The predicted octanol–water partition coefficient (Wildman–Crippen LogP) is 15.1. The van der Waals surface area contributed by atoms with Crippen LogP contribution in [0.2, 0.25) is 12.1 Å². The third-order valence-electron chi connectivity index (χ3n) is 14.1. The summed E-state index contributed by atoms with van der Waals surface area (Å²) in [7, 11) is -2.40. The van der Waals surface area contributed by atoms with E-state index in [9.17, 15) is 0 Å². The molecule has 4 aromatic carbocycles. The Morgan fingerprint density at radius 1 is 0.554 bits per heavy atom. The second-order valence-electron chi connectivity index (χ2n) is 18.0. The van der Waals surface area contributed by atoms with Gasteiger partial charge in [-0.2, -0.15) is 17.5 Å². The SMILES string of the molecule is CCCCC(CC)C[Si]1(CC(CC)CCCC)c2cc(-c3cc(N)c(-c4cc5ccccc5o4)c4nsnc34)sc2-c2sc(-c3cc(N)c(-c4cc5ccccc5o4)c4nsnc34)cc21. The molecule has 0 saturated heterocycles. The van der Waals surface area contributed by atoms with E-state index in [4.69, 9.17) is 37.8 Å². The van der Waals surface area contributed by atoms with Crippen LogP contribution in [-0.4, -0.2) is 25.6 Å². The largest absolute Gasteiger partial charge is 0.456 e. The molecule has 0 spiro atoms. The van der Waals surface area contributed by atoms with Gasteiger partial charge in [0.05, 0.1) is 34.6 Å². The van der Waals surface area contributed by atoms with Gasteiger partial charge in [-0.3, -0.25) is 0 Å². The Labute approximate surface area is 396 Å². The topological polar surface area (TPSA) is 130 Å².